The van der Waals surface area contributed by atoms with Gasteiger partial charge in [-0.1, -0.05) is 54.6 Å². The Morgan fingerprint density at radius 2 is 1.66 bits per heavy atom. The van der Waals surface area contributed by atoms with E-state index in [-0.39, 0.29) is 5.78 Å². The predicted octanol–water partition coefficient (Wildman–Crippen LogP) is 5.56. The highest BCUT2D eigenvalue weighted by atomic mass is 32.1. The molecule has 0 bridgehead atoms. The Balaban J connectivity index is 1.36. The van der Waals surface area contributed by atoms with E-state index in [9.17, 15) is 9.59 Å². The fourth-order valence-corrected chi connectivity index (χ4v) is 5.18. The number of rotatable bonds is 15. The quantitative estimate of drug-likeness (QED) is 0.108. The molecule has 0 amide bonds. The number of thiazole rings is 1. The summed E-state index contributed by atoms with van der Waals surface area (Å²) in [7, 11) is 3.03. The van der Waals surface area contributed by atoms with E-state index in [4.69, 9.17) is 14.2 Å². The minimum absolute atomic E-state index is 0.120. The van der Waals surface area contributed by atoms with E-state index in [1.807, 2.05) is 54.6 Å². The molecule has 4 rings (SSSR count). The van der Waals surface area contributed by atoms with E-state index in [2.05, 4.69) is 22.5 Å². The van der Waals surface area contributed by atoms with E-state index >= 15 is 0 Å². The standard InChI is InChI=1S/C32H35N3O5S/c1-22-27(35-32(41-22)33-18-20-38-2)17-19-40-25-15-13-23(14-16-25)21-29(31(37)39-3)34-28-12-8-7-11-26(28)30(36)24-9-5-4-6-10-24/h4-16,29,34H,17-21H2,1-3H3,(H,33,35). The Kier molecular flexibility index (Phi) is 10.9. The highest BCUT2D eigenvalue weighted by Gasteiger charge is 2.22. The number of para-hydroxylation sites is 1. The second-order valence-corrected chi connectivity index (χ2v) is 10.6. The van der Waals surface area contributed by atoms with Gasteiger partial charge in [-0.15, -0.1) is 11.3 Å². The number of ether oxygens (including phenoxy) is 3. The van der Waals surface area contributed by atoms with Crippen molar-refractivity contribution < 1.29 is 23.8 Å². The van der Waals surface area contributed by atoms with Crippen LogP contribution in [0.25, 0.3) is 0 Å². The molecule has 0 radical (unpaired) electrons. The third-order valence-electron chi connectivity index (χ3n) is 6.47. The van der Waals surface area contributed by atoms with Crippen LogP contribution in [-0.4, -0.2) is 56.8 Å². The van der Waals surface area contributed by atoms with E-state index in [1.54, 1.807) is 42.7 Å². The molecule has 3 aromatic carbocycles. The normalized spacial score (nSPS) is 11.5. The van der Waals surface area contributed by atoms with E-state index in [0.29, 0.717) is 42.9 Å². The molecule has 0 fully saturated rings. The van der Waals surface area contributed by atoms with Gasteiger partial charge in [0.2, 0.25) is 0 Å². The zero-order chi connectivity index (χ0) is 29.0. The lowest BCUT2D eigenvalue weighted by Crippen LogP contribution is -2.33. The van der Waals surface area contributed by atoms with Gasteiger partial charge in [-0.05, 0) is 36.8 Å². The summed E-state index contributed by atoms with van der Waals surface area (Å²) in [5, 5.41) is 7.40. The molecule has 1 heterocycles. The molecule has 8 nitrogen and oxygen atoms in total. The molecule has 2 N–H and O–H groups in total. The summed E-state index contributed by atoms with van der Waals surface area (Å²) in [6.45, 7) is 3.91. The van der Waals surface area contributed by atoms with E-state index < -0.39 is 12.0 Å². The molecule has 4 aromatic rings. The number of carbonyl (C=O) groups excluding carboxylic acids is 2. The lowest BCUT2D eigenvalue weighted by Gasteiger charge is -2.20. The Bertz CT molecular complexity index is 1420. The maximum absolute atomic E-state index is 13.2. The molecule has 1 unspecified atom stereocenters. The highest BCUT2D eigenvalue weighted by Crippen LogP contribution is 2.24. The number of methoxy groups -OCH3 is 2. The van der Waals surface area contributed by atoms with Crippen molar-refractivity contribution in [1.29, 1.82) is 0 Å². The molecule has 0 saturated carbocycles. The van der Waals surface area contributed by atoms with Crippen LogP contribution in [0, 0.1) is 6.92 Å². The zero-order valence-electron chi connectivity index (χ0n) is 23.5. The Morgan fingerprint density at radius 1 is 0.927 bits per heavy atom. The molecule has 0 saturated heterocycles. The van der Waals surface area contributed by atoms with E-state index in [1.165, 1.54) is 7.11 Å². The van der Waals surface area contributed by atoms with Gasteiger partial charge in [0, 0.05) is 48.2 Å². The summed E-state index contributed by atoms with van der Waals surface area (Å²) in [4.78, 5) is 31.7. The SMILES string of the molecule is COCCNc1nc(CCOc2ccc(CC(Nc3ccccc3C(=O)c3ccccc3)C(=O)OC)cc2)c(C)s1. The second kappa shape index (κ2) is 15.0. The minimum atomic E-state index is -0.684. The summed E-state index contributed by atoms with van der Waals surface area (Å²) in [5.74, 6) is 0.203. The Hall–Kier alpha value is -4.21. The fourth-order valence-electron chi connectivity index (χ4n) is 4.29. The summed E-state index contributed by atoms with van der Waals surface area (Å²) < 4.78 is 16.1. The zero-order valence-corrected chi connectivity index (χ0v) is 24.3. The van der Waals surface area contributed by atoms with Crippen molar-refractivity contribution in [2.75, 3.05) is 44.6 Å². The first-order valence-corrected chi connectivity index (χ1v) is 14.2. The number of anilines is 2. The van der Waals surface area contributed by atoms with Gasteiger partial charge in [0.1, 0.15) is 11.8 Å². The first kappa shape index (κ1) is 29.8. The van der Waals surface area contributed by atoms with Gasteiger partial charge in [-0.2, -0.15) is 0 Å². The topological polar surface area (TPSA) is 98.8 Å². The van der Waals surface area contributed by atoms with Crippen LogP contribution in [0.5, 0.6) is 5.75 Å². The first-order valence-electron chi connectivity index (χ1n) is 13.4. The predicted molar refractivity (Wildman–Crippen MR) is 162 cm³/mol. The number of carbonyl (C=O) groups is 2. The number of esters is 1. The van der Waals surface area contributed by atoms with Crippen LogP contribution < -0.4 is 15.4 Å². The van der Waals surface area contributed by atoms with Crippen LogP contribution in [0.2, 0.25) is 0 Å². The molecule has 9 heteroatoms. The van der Waals surface area contributed by atoms with Gasteiger partial charge in [-0.25, -0.2) is 9.78 Å². The van der Waals surface area contributed by atoms with Gasteiger partial charge in [-0.3, -0.25) is 4.79 Å². The number of benzene rings is 3. The van der Waals surface area contributed by atoms with Crippen LogP contribution in [0.3, 0.4) is 0 Å². The number of aromatic nitrogens is 1. The highest BCUT2D eigenvalue weighted by molar-refractivity contribution is 7.15. The number of nitrogens with zero attached hydrogens (tertiary/aromatic N) is 1. The van der Waals surface area contributed by atoms with Crippen molar-refractivity contribution in [1.82, 2.24) is 4.98 Å². The largest absolute Gasteiger partial charge is 0.493 e. The average molecular weight is 574 g/mol. The van der Waals surface area contributed by atoms with Crippen LogP contribution in [0.15, 0.2) is 78.9 Å². The summed E-state index contributed by atoms with van der Waals surface area (Å²) >= 11 is 1.63. The lowest BCUT2D eigenvalue weighted by atomic mass is 10.00. The van der Waals surface area contributed by atoms with Crippen LogP contribution in [-0.2, 0) is 27.1 Å². The smallest absolute Gasteiger partial charge is 0.328 e. The van der Waals surface area contributed by atoms with Crippen molar-refractivity contribution in [2.24, 2.45) is 0 Å². The third-order valence-corrected chi connectivity index (χ3v) is 7.44. The lowest BCUT2D eigenvalue weighted by molar-refractivity contribution is -0.141. The Labute approximate surface area is 244 Å². The summed E-state index contributed by atoms with van der Waals surface area (Å²) in [6, 6.07) is 23.2. The second-order valence-electron chi connectivity index (χ2n) is 9.35. The maximum Gasteiger partial charge on any atom is 0.328 e. The van der Waals surface area contributed by atoms with Gasteiger partial charge >= 0.3 is 5.97 Å². The van der Waals surface area contributed by atoms with Gasteiger partial charge in [0.05, 0.1) is 26.0 Å². The van der Waals surface area contributed by atoms with Crippen molar-refractivity contribution in [3.63, 3.8) is 0 Å². The number of aryl methyl sites for hydroxylation is 1. The monoisotopic (exact) mass is 573 g/mol. The number of nitrogens with one attached hydrogen (secondary N) is 2. The molecular formula is C32H35N3O5S. The van der Waals surface area contributed by atoms with Crippen molar-refractivity contribution in [2.45, 2.75) is 25.8 Å². The van der Waals surface area contributed by atoms with Gasteiger partial charge in [0.15, 0.2) is 10.9 Å². The number of ketones is 1. The van der Waals surface area contributed by atoms with Crippen molar-refractivity contribution >= 4 is 33.9 Å². The first-order chi connectivity index (χ1) is 20.0. The molecule has 0 aliphatic rings. The van der Waals surface area contributed by atoms with Crippen LogP contribution in [0.1, 0.15) is 32.1 Å². The molecule has 214 valence electrons. The number of hydrogen-bond donors (Lipinski definition) is 2. The van der Waals surface area contributed by atoms with Crippen LogP contribution in [0.4, 0.5) is 10.8 Å². The molecular weight excluding hydrogens is 538 g/mol. The average Bonchev–Trinajstić information content (AvgIpc) is 3.36. The third kappa shape index (κ3) is 8.39. The molecule has 1 atom stereocenters. The van der Waals surface area contributed by atoms with Gasteiger partial charge in [0.25, 0.3) is 0 Å². The molecule has 0 aliphatic heterocycles. The van der Waals surface area contributed by atoms with Crippen molar-refractivity contribution in [3.05, 3.63) is 106 Å². The van der Waals surface area contributed by atoms with Crippen molar-refractivity contribution in [3.8, 4) is 5.75 Å². The fraction of sp³-hybridized carbons (Fsp3) is 0.281. The molecule has 0 spiro atoms. The molecule has 0 aliphatic carbocycles. The summed E-state index contributed by atoms with van der Waals surface area (Å²) in [6.07, 6.45) is 1.07. The van der Waals surface area contributed by atoms with Crippen LogP contribution >= 0.6 is 11.3 Å². The summed E-state index contributed by atoms with van der Waals surface area (Å²) in [5.41, 5.74) is 3.59. The molecule has 1 aromatic heterocycles. The Morgan fingerprint density at radius 3 is 2.39 bits per heavy atom. The van der Waals surface area contributed by atoms with E-state index in [0.717, 1.165) is 33.6 Å². The molecule has 41 heavy (non-hydrogen) atoms. The van der Waals surface area contributed by atoms with Gasteiger partial charge < -0.3 is 24.8 Å². The number of hydrogen-bond acceptors (Lipinski definition) is 9. The maximum atomic E-state index is 13.2. The minimum Gasteiger partial charge on any atom is -0.493 e.